The Labute approximate surface area is 212 Å². The number of carbonyl (C=O) groups is 2. The fraction of sp³-hybridized carbons (Fsp3) is 0.414. The van der Waals surface area contributed by atoms with Crippen molar-refractivity contribution in [1.29, 1.82) is 0 Å². The van der Waals surface area contributed by atoms with Crippen LogP contribution in [0.25, 0.3) is 0 Å². The highest BCUT2D eigenvalue weighted by atomic mass is 19.1. The van der Waals surface area contributed by atoms with Crippen LogP contribution < -0.4 is 10.2 Å². The van der Waals surface area contributed by atoms with Gasteiger partial charge in [-0.25, -0.2) is 4.39 Å². The van der Waals surface area contributed by atoms with Crippen LogP contribution >= 0.6 is 0 Å². The normalized spacial score (nSPS) is 16.8. The quantitative estimate of drug-likeness (QED) is 0.532. The lowest BCUT2D eigenvalue weighted by atomic mass is 9.93. The molecule has 0 saturated heterocycles. The van der Waals surface area contributed by atoms with E-state index in [0.29, 0.717) is 11.3 Å². The lowest BCUT2D eigenvalue weighted by Gasteiger charge is -2.34. The molecule has 0 aromatic heterocycles. The number of anilines is 1. The number of halogens is 1. The molecule has 1 N–H and O–H groups in total. The molecule has 7 heteroatoms. The monoisotopic (exact) mass is 491 g/mol. The Balaban J connectivity index is 1.65. The maximum atomic E-state index is 14.3. The van der Waals surface area contributed by atoms with E-state index in [4.69, 9.17) is 4.74 Å². The molecule has 1 aliphatic heterocycles. The molecule has 1 heterocycles. The van der Waals surface area contributed by atoms with E-state index in [-0.39, 0.29) is 25.2 Å². The third-order valence-electron chi connectivity index (χ3n) is 6.71. The van der Waals surface area contributed by atoms with E-state index in [2.05, 4.69) is 10.3 Å². The molecule has 2 aliphatic rings. The first kappa shape index (κ1) is 25.8. The fourth-order valence-corrected chi connectivity index (χ4v) is 4.86. The molecule has 2 aromatic rings. The van der Waals surface area contributed by atoms with E-state index in [9.17, 15) is 14.0 Å². The number of rotatable bonds is 9. The van der Waals surface area contributed by atoms with Gasteiger partial charge in [-0.1, -0.05) is 55.7 Å². The number of dihydropyridines is 1. The average molecular weight is 492 g/mol. The van der Waals surface area contributed by atoms with E-state index >= 15 is 0 Å². The second-order valence-corrected chi connectivity index (χ2v) is 9.44. The second kappa shape index (κ2) is 12.6. The van der Waals surface area contributed by atoms with Crippen molar-refractivity contribution < 1.29 is 18.7 Å². The molecule has 1 saturated carbocycles. The Bertz CT molecular complexity index is 1120. The summed E-state index contributed by atoms with van der Waals surface area (Å²) in [4.78, 5) is 33.1. The Morgan fingerprint density at radius 3 is 2.67 bits per heavy atom. The van der Waals surface area contributed by atoms with Gasteiger partial charge in [0.15, 0.2) is 0 Å². The Morgan fingerprint density at radius 1 is 1.14 bits per heavy atom. The molecule has 0 radical (unpaired) electrons. The summed E-state index contributed by atoms with van der Waals surface area (Å²) in [6.45, 7) is 2.66. The van der Waals surface area contributed by atoms with Crippen LogP contribution in [-0.4, -0.2) is 43.8 Å². The van der Waals surface area contributed by atoms with Gasteiger partial charge in [0, 0.05) is 24.5 Å². The van der Waals surface area contributed by atoms with Gasteiger partial charge in [0.1, 0.15) is 18.5 Å². The number of ether oxygens (including phenoxy) is 1. The first-order valence-corrected chi connectivity index (χ1v) is 12.7. The fourth-order valence-electron chi connectivity index (χ4n) is 4.86. The molecule has 4 rings (SSSR count). The highest BCUT2D eigenvalue weighted by Crippen LogP contribution is 2.31. The molecule has 1 unspecified atom stereocenters. The van der Waals surface area contributed by atoms with Crippen molar-refractivity contribution in [1.82, 2.24) is 5.32 Å². The Kier molecular flexibility index (Phi) is 9.01. The van der Waals surface area contributed by atoms with Crippen LogP contribution in [0, 0.1) is 12.7 Å². The number of hydrogen-bond acceptors (Lipinski definition) is 4. The molecular formula is C29H34FN3O3. The van der Waals surface area contributed by atoms with Crippen molar-refractivity contribution in [3.8, 4) is 0 Å². The van der Waals surface area contributed by atoms with Crippen LogP contribution in [0.15, 0.2) is 65.2 Å². The van der Waals surface area contributed by atoms with Crippen molar-refractivity contribution in [2.75, 3.05) is 24.7 Å². The summed E-state index contributed by atoms with van der Waals surface area (Å²) in [5, 5.41) is 3.18. The largest absolute Gasteiger partial charge is 0.367 e. The number of amides is 2. The van der Waals surface area contributed by atoms with E-state index in [0.717, 1.165) is 49.8 Å². The van der Waals surface area contributed by atoms with Crippen molar-refractivity contribution in [2.24, 2.45) is 4.99 Å². The SMILES string of the molecule is Cc1ccccc1C(C(=O)NC1CCCCC1)N(C(=O)COCC1=CCCN=C1)c1cccc(F)c1. The third-order valence-corrected chi connectivity index (χ3v) is 6.71. The van der Waals surface area contributed by atoms with Gasteiger partial charge in [-0.15, -0.1) is 0 Å². The predicted octanol–water partition coefficient (Wildman–Crippen LogP) is 5.07. The molecular weight excluding hydrogens is 457 g/mol. The molecule has 190 valence electrons. The van der Waals surface area contributed by atoms with Gasteiger partial charge in [-0.3, -0.25) is 19.5 Å². The summed E-state index contributed by atoms with van der Waals surface area (Å²) < 4.78 is 20.1. The van der Waals surface area contributed by atoms with Crippen LogP contribution in [-0.2, 0) is 14.3 Å². The minimum absolute atomic E-state index is 0.0657. The summed E-state index contributed by atoms with van der Waals surface area (Å²) in [5.41, 5.74) is 2.80. The third kappa shape index (κ3) is 6.66. The summed E-state index contributed by atoms with van der Waals surface area (Å²) in [7, 11) is 0. The van der Waals surface area contributed by atoms with Gasteiger partial charge in [0.05, 0.1) is 6.61 Å². The standard InChI is InChI=1S/C29H34FN3O3/c1-21-9-5-6-15-26(21)28(29(35)32-24-12-3-2-4-13-24)33(25-14-7-11-23(30)17-25)27(34)20-36-19-22-10-8-16-31-18-22/h5-7,9-11,14-15,17-18,24,28H,2-4,8,12-13,16,19-20H2,1H3,(H,32,35). The molecule has 36 heavy (non-hydrogen) atoms. The summed E-state index contributed by atoms with van der Waals surface area (Å²) >= 11 is 0. The predicted molar refractivity (Wildman–Crippen MR) is 140 cm³/mol. The lowest BCUT2D eigenvalue weighted by molar-refractivity contribution is -0.129. The first-order chi connectivity index (χ1) is 17.5. The number of benzene rings is 2. The van der Waals surface area contributed by atoms with E-state index in [1.807, 2.05) is 37.3 Å². The molecule has 1 atom stereocenters. The Morgan fingerprint density at radius 2 is 1.94 bits per heavy atom. The van der Waals surface area contributed by atoms with Crippen molar-refractivity contribution >= 4 is 23.7 Å². The zero-order valence-corrected chi connectivity index (χ0v) is 20.8. The number of aliphatic imine (C=N–C) groups is 1. The van der Waals surface area contributed by atoms with Crippen molar-refractivity contribution in [2.45, 2.75) is 57.5 Å². The van der Waals surface area contributed by atoms with Gasteiger partial charge >= 0.3 is 0 Å². The number of nitrogens with zero attached hydrogens (tertiary/aromatic N) is 2. The molecule has 1 fully saturated rings. The van der Waals surface area contributed by atoms with Crippen LogP contribution in [0.4, 0.5) is 10.1 Å². The van der Waals surface area contributed by atoms with E-state index < -0.39 is 17.8 Å². The molecule has 1 aliphatic carbocycles. The maximum Gasteiger partial charge on any atom is 0.254 e. The molecule has 2 amide bonds. The average Bonchev–Trinajstić information content (AvgIpc) is 2.89. The maximum absolute atomic E-state index is 14.3. The van der Waals surface area contributed by atoms with Crippen LogP contribution in [0.5, 0.6) is 0 Å². The van der Waals surface area contributed by atoms with Gasteiger partial charge < -0.3 is 10.1 Å². The smallest absolute Gasteiger partial charge is 0.254 e. The van der Waals surface area contributed by atoms with Gasteiger partial charge in [-0.05, 0) is 61.1 Å². The number of carbonyl (C=O) groups excluding carboxylic acids is 2. The van der Waals surface area contributed by atoms with Crippen molar-refractivity contribution in [3.05, 3.63) is 77.1 Å². The van der Waals surface area contributed by atoms with Gasteiger partial charge in [0.25, 0.3) is 5.91 Å². The van der Waals surface area contributed by atoms with Crippen LogP contribution in [0.2, 0.25) is 0 Å². The highest BCUT2D eigenvalue weighted by molar-refractivity contribution is 6.02. The topological polar surface area (TPSA) is 71.0 Å². The summed E-state index contributed by atoms with van der Waals surface area (Å²) in [6.07, 6.45) is 9.77. The summed E-state index contributed by atoms with van der Waals surface area (Å²) in [5.74, 6) is -1.16. The molecule has 2 aromatic carbocycles. The van der Waals surface area contributed by atoms with Gasteiger partial charge in [-0.2, -0.15) is 0 Å². The van der Waals surface area contributed by atoms with E-state index in [1.165, 1.54) is 23.5 Å². The lowest BCUT2D eigenvalue weighted by Crippen LogP contribution is -2.48. The first-order valence-electron chi connectivity index (χ1n) is 12.7. The van der Waals surface area contributed by atoms with Gasteiger partial charge in [0.2, 0.25) is 5.91 Å². The van der Waals surface area contributed by atoms with E-state index in [1.54, 1.807) is 18.3 Å². The minimum Gasteiger partial charge on any atom is -0.367 e. The van der Waals surface area contributed by atoms with Crippen LogP contribution in [0.1, 0.15) is 55.7 Å². The molecule has 0 spiro atoms. The van der Waals surface area contributed by atoms with Crippen LogP contribution in [0.3, 0.4) is 0 Å². The summed E-state index contributed by atoms with van der Waals surface area (Å²) in [6, 6.07) is 12.4. The number of aryl methyl sites for hydroxylation is 1. The minimum atomic E-state index is -0.957. The number of hydrogen-bond donors (Lipinski definition) is 1. The second-order valence-electron chi connectivity index (χ2n) is 9.44. The molecule has 6 nitrogen and oxygen atoms in total. The zero-order valence-electron chi connectivity index (χ0n) is 20.8. The highest BCUT2D eigenvalue weighted by Gasteiger charge is 2.35. The Hall–Kier alpha value is -3.32. The molecule has 0 bridgehead atoms. The zero-order chi connectivity index (χ0) is 25.3. The van der Waals surface area contributed by atoms with Crippen molar-refractivity contribution in [3.63, 3.8) is 0 Å². The number of nitrogens with one attached hydrogen (secondary N) is 1.